The SMILES string of the molecule is C=Cc1ccc(C(C)C2=CC3CC2C2C(=O)N(CC(C)(C)CC(C)CCN4C(=O)C5C(C4=O)C4C(C(C)c6ccc(C=C)cc6)=CC5[C@H]4C)C(=O)C32)cc1. The highest BCUT2D eigenvalue weighted by molar-refractivity contribution is 6.07. The second-order valence-electron chi connectivity index (χ2n) is 18.4. The predicted octanol–water partition coefficient (Wildman–Crippen LogP) is 8.92. The van der Waals surface area contributed by atoms with Gasteiger partial charge in [0, 0.05) is 24.9 Å². The number of amides is 4. The van der Waals surface area contributed by atoms with Crippen LogP contribution in [0.2, 0.25) is 0 Å². The van der Waals surface area contributed by atoms with Crippen molar-refractivity contribution in [3.05, 3.63) is 107 Å². The van der Waals surface area contributed by atoms with Crippen LogP contribution in [0.15, 0.2) is 85.0 Å². The number of allylic oxidation sites excluding steroid dienone is 4. The number of carbonyl (C=O) groups excluding carboxylic acids is 4. The molecule has 0 radical (unpaired) electrons. The van der Waals surface area contributed by atoms with Crippen LogP contribution in [0.5, 0.6) is 0 Å². The van der Waals surface area contributed by atoms with Gasteiger partial charge in [-0.2, -0.15) is 0 Å². The van der Waals surface area contributed by atoms with Crippen LogP contribution in [0.3, 0.4) is 0 Å². The van der Waals surface area contributed by atoms with Crippen LogP contribution in [-0.2, 0) is 19.2 Å². The summed E-state index contributed by atoms with van der Waals surface area (Å²) < 4.78 is 0. The fourth-order valence-corrected chi connectivity index (χ4v) is 12.1. The van der Waals surface area contributed by atoms with Gasteiger partial charge < -0.3 is 0 Å². The number of fused-ring (bicyclic) bond motifs is 10. The molecule has 2 heterocycles. The van der Waals surface area contributed by atoms with Crippen molar-refractivity contribution in [1.29, 1.82) is 0 Å². The van der Waals surface area contributed by atoms with Crippen molar-refractivity contribution in [1.82, 2.24) is 9.80 Å². The summed E-state index contributed by atoms with van der Waals surface area (Å²) >= 11 is 0. The maximum Gasteiger partial charge on any atom is 0.233 e. The van der Waals surface area contributed by atoms with Crippen molar-refractivity contribution in [2.75, 3.05) is 13.1 Å². The summed E-state index contributed by atoms with van der Waals surface area (Å²) in [6, 6.07) is 16.9. The molecule has 0 aromatic heterocycles. The van der Waals surface area contributed by atoms with Crippen LogP contribution in [0.4, 0.5) is 0 Å². The lowest BCUT2D eigenvalue weighted by Gasteiger charge is -2.33. The van der Waals surface area contributed by atoms with Gasteiger partial charge in [-0.15, -0.1) is 0 Å². The molecule has 4 bridgehead atoms. The highest BCUT2D eigenvalue weighted by atomic mass is 16.2. The summed E-state index contributed by atoms with van der Waals surface area (Å²) in [5.74, 6) is 0.289. The van der Waals surface area contributed by atoms with Crippen LogP contribution in [0.25, 0.3) is 12.2 Å². The summed E-state index contributed by atoms with van der Waals surface area (Å²) in [7, 11) is 0. The van der Waals surface area contributed by atoms with E-state index in [4.69, 9.17) is 0 Å². The number of hydrogen-bond acceptors (Lipinski definition) is 4. The van der Waals surface area contributed by atoms with Crippen LogP contribution in [-0.4, -0.2) is 46.5 Å². The molecule has 54 heavy (non-hydrogen) atoms. The van der Waals surface area contributed by atoms with E-state index in [0.717, 1.165) is 24.0 Å². The zero-order valence-electron chi connectivity index (χ0n) is 32.8. The van der Waals surface area contributed by atoms with Gasteiger partial charge in [-0.25, -0.2) is 0 Å². The normalized spacial score (nSPS) is 32.5. The van der Waals surface area contributed by atoms with Crippen molar-refractivity contribution in [3.8, 4) is 0 Å². The number of imide groups is 2. The lowest BCUT2D eigenvalue weighted by atomic mass is 9.75. The second-order valence-corrected chi connectivity index (χ2v) is 18.4. The summed E-state index contributed by atoms with van der Waals surface area (Å²) in [4.78, 5) is 58.9. The molecule has 12 atom stereocenters. The zero-order chi connectivity index (χ0) is 38.4. The standard InChI is InChI=1S/C48H56N2O4/c1-9-30-11-15-32(16-12-30)27(4)35-21-34-22-38(35)42-40(34)44(51)50(46(42)53)25-48(7,8)24-26(3)19-20-49-45(52)41-37-23-36(39(29(37)6)43(41)47(49)54)28(5)33-17-13-31(10-2)14-18-33/h9-18,21,23,26-29,34,37-43H,1-2,19-20,22,24-25H2,3-8H3/t26?,27?,28?,29-,34?,37?,38?,39?,40?,41?,42?,43?/m1/s1. The number of carbonyl (C=O) groups is 4. The molecule has 2 saturated carbocycles. The third-order valence-corrected chi connectivity index (χ3v) is 14.7. The largest absolute Gasteiger partial charge is 0.282 e. The number of hydrogen-bond donors (Lipinski definition) is 0. The van der Waals surface area contributed by atoms with Crippen molar-refractivity contribution in [2.45, 2.75) is 72.6 Å². The van der Waals surface area contributed by atoms with E-state index < -0.39 is 0 Å². The molecule has 282 valence electrons. The van der Waals surface area contributed by atoms with Crippen LogP contribution >= 0.6 is 0 Å². The van der Waals surface area contributed by atoms with Crippen LogP contribution in [0.1, 0.15) is 94.9 Å². The van der Waals surface area contributed by atoms with Crippen molar-refractivity contribution >= 4 is 35.8 Å². The van der Waals surface area contributed by atoms with Gasteiger partial charge in [0.05, 0.1) is 23.7 Å². The molecule has 4 fully saturated rings. The van der Waals surface area contributed by atoms with E-state index in [1.165, 1.54) is 22.3 Å². The molecular weight excluding hydrogens is 669 g/mol. The van der Waals surface area contributed by atoms with E-state index in [2.05, 4.69) is 115 Å². The molecule has 0 spiro atoms. The topological polar surface area (TPSA) is 74.8 Å². The molecule has 2 aromatic rings. The Morgan fingerprint density at radius 1 is 0.704 bits per heavy atom. The van der Waals surface area contributed by atoms with Gasteiger partial charge in [-0.05, 0) is 82.4 Å². The Hall–Kier alpha value is -4.32. The first-order valence-electron chi connectivity index (χ1n) is 20.3. The van der Waals surface area contributed by atoms with Gasteiger partial charge in [-0.1, -0.05) is 139 Å². The van der Waals surface area contributed by atoms with Crippen LogP contribution in [0, 0.1) is 64.6 Å². The molecule has 4 aliphatic carbocycles. The van der Waals surface area contributed by atoms with Gasteiger partial charge in [0.15, 0.2) is 0 Å². The molecule has 6 heteroatoms. The number of nitrogens with zero attached hydrogens (tertiary/aromatic N) is 2. The van der Waals surface area contributed by atoms with E-state index in [1.807, 2.05) is 12.2 Å². The molecule has 11 unspecified atom stereocenters. The number of likely N-dealkylation sites (tertiary alicyclic amines) is 2. The predicted molar refractivity (Wildman–Crippen MR) is 213 cm³/mol. The fraction of sp³-hybridized carbons (Fsp3) is 0.500. The maximum atomic E-state index is 14.0. The highest BCUT2D eigenvalue weighted by Gasteiger charge is 2.65. The smallest absolute Gasteiger partial charge is 0.233 e. The minimum Gasteiger partial charge on any atom is -0.282 e. The lowest BCUT2D eigenvalue weighted by molar-refractivity contribution is -0.144. The van der Waals surface area contributed by atoms with E-state index in [-0.39, 0.29) is 100 Å². The molecule has 6 aliphatic rings. The van der Waals surface area contributed by atoms with E-state index in [1.54, 1.807) is 9.80 Å². The van der Waals surface area contributed by atoms with Crippen molar-refractivity contribution in [2.24, 2.45) is 64.6 Å². The van der Waals surface area contributed by atoms with E-state index in [9.17, 15) is 19.2 Å². The summed E-state index contributed by atoms with van der Waals surface area (Å²) in [5, 5.41) is 0. The minimum absolute atomic E-state index is 0.000366. The molecule has 2 saturated heterocycles. The maximum absolute atomic E-state index is 14.0. The van der Waals surface area contributed by atoms with Gasteiger partial charge in [-0.3, -0.25) is 29.0 Å². The van der Waals surface area contributed by atoms with Crippen molar-refractivity contribution in [3.63, 3.8) is 0 Å². The Morgan fingerprint density at radius 2 is 1.24 bits per heavy atom. The minimum atomic E-state index is -0.304. The Morgan fingerprint density at radius 3 is 1.83 bits per heavy atom. The Labute approximate surface area is 321 Å². The fourth-order valence-electron chi connectivity index (χ4n) is 12.1. The average molecular weight is 725 g/mol. The lowest BCUT2D eigenvalue weighted by Crippen LogP contribution is -2.41. The quantitative estimate of drug-likeness (QED) is 0.153. The first-order chi connectivity index (χ1) is 25.7. The van der Waals surface area contributed by atoms with E-state index in [0.29, 0.717) is 19.5 Å². The highest BCUT2D eigenvalue weighted by Crippen LogP contribution is 2.61. The van der Waals surface area contributed by atoms with Gasteiger partial charge in [0.25, 0.3) is 0 Å². The van der Waals surface area contributed by atoms with Crippen LogP contribution < -0.4 is 0 Å². The molecule has 2 aliphatic heterocycles. The number of benzene rings is 2. The van der Waals surface area contributed by atoms with E-state index >= 15 is 0 Å². The molecular formula is C48H56N2O4. The molecule has 8 rings (SSSR count). The Balaban J connectivity index is 0.873. The summed E-state index contributed by atoms with van der Waals surface area (Å²) in [6.45, 7) is 21.6. The molecule has 6 nitrogen and oxygen atoms in total. The molecule has 4 amide bonds. The third kappa shape index (κ3) is 5.73. The first kappa shape index (κ1) is 36.6. The van der Waals surface area contributed by atoms with Gasteiger partial charge >= 0.3 is 0 Å². The first-order valence-corrected chi connectivity index (χ1v) is 20.3. The zero-order valence-corrected chi connectivity index (χ0v) is 32.8. The number of rotatable bonds is 13. The van der Waals surface area contributed by atoms with Crippen molar-refractivity contribution < 1.29 is 19.2 Å². The molecule has 2 aromatic carbocycles. The van der Waals surface area contributed by atoms with Gasteiger partial charge in [0.2, 0.25) is 23.6 Å². The summed E-state index contributed by atoms with van der Waals surface area (Å²) in [5.41, 5.74) is 6.93. The molecule has 0 N–H and O–H groups in total. The Bertz CT molecular complexity index is 1970. The average Bonchev–Trinajstić information content (AvgIpc) is 3.99. The Kier molecular flexibility index (Phi) is 9.13. The monoisotopic (exact) mass is 724 g/mol. The van der Waals surface area contributed by atoms with Gasteiger partial charge in [0.1, 0.15) is 0 Å². The third-order valence-electron chi connectivity index (χ3n) is 14.7. The summed E-state index contributed by atoms with van der Waals surface area (Å²) in [6.07, 6.45) is 10.7. The second kappa shape index (κ2) is 13.5.